The summed E-state index contributed by atoms with van der Waals surface area (Å²) in [6.45, 7) is 5.23. The summed E-state index contributed by atoms with van der Waals surface area (Å²) in [4.78, 5) is 18.2. The third-order valence-corrected chi connectivity index (χ3v) is 4.16. The van der Waals surface area contributed by atoms with Crippen LogP contribution in [0.3, 0.4) is 0 Å². The number of ether oxygens (including phenoxy) is 1. The van der Waals surface area contributed by atoms with Crippen LogP contribution in [0.1, 0.15) is 25.7 Å². The van der Waals surface area contributed by atoms with Crippen LogP contribution in [0.4, 0.5) is 4.79 Å². The van der Waals surface area contributed by atoms with Gasteiger partial charge in [0.1, 0.15) is 24.2 Å². The van der Waals surface area contributed by atoms with Gasteiger partial charge in [-0.2, -0.15) is 0 Å². The van der Waals surface area contributed by atoms with Gasteiger partial charge in [-0.15, -0.1) is 10.2 Å². The van der Waals surface area contributed by atoms with E-state index < -0.39 is 0 Å². The van der Waals surface area contributed by atoms with Gasteiger partial charge in [-0.25, -0.2) is 4.79 Å². The summed E-state index contributed by atoms with van der Waals surface area (Å²) in [5.74, 6) is 1.46. The van der Waals surface area contributed by atoms with E-state index in [9.17, 15) is 4.79 Å². The van der Waals surface area contributed by atoms with Crippen molar-refractivity contribution < 1.29 is 9.53 Å². The van der Waals surface area contributed by atoms with Crippen molar-refractivity contribution in [3.05, 3.63) is 48.7 Å². The van der Waals surface area contributed by atoms with Gasteiger partial charge in [-0.3, -0.25) is 4.98 Å². The predicted molar refractivity (Wildman–Crippen MR) is 103 cm³/mol. The molecule has 0 saturated heterocycles. The number of fused-ring (bicyclic) bond motifs is 1. The SMILES string of the molecule is CC(C)n1cnnc1CN(C)C(=O)NCCOc1cccc2cccnc12. The van der Waals surface area contributed by atoms with Gasteiger partial charge in [0.15, 0.2) is 5.82 Å². The van der Waals surface area contributed by atoms with Gasteiger partial charge in [0, 0.05) is 24.7 Å². The Morgan fingerprint density at radius 1 is 1.30 bits per heavy atom. The third kappa shape index (κ3) is 4.52. The van der Waals surface area contributed by atoms with E-state index in [4.69, 9.17) is 4.74 Å². The number of hydrogen-bond donors (Lipinski definition) is 1. The Labute approximate surface area is 158 Å². The van der Waals surface area contributed by atoms with Crippen LogP contribution in [0.5, 0.6) is 5.75 Å². The van der Waals surface area contributed by atoms with Crippen LogP contribution in [-0.4, -0.2) is 50.9 Å². The average Bonchev–Trinajstić information content (AvgIpc) is 3.13. The maximum absolute atomic E-state index is 12.3. The Bertz CT molecular complexity index is 903. The minimum atomic E-state index is -0.187. The van der Waals surface area contributed by atoms with Crippen molar-refractivity contribution in [1.82, 2.24) is 30.0 Å². The van der Waals surface area contributed by atoms with Gasteiger partial charge in [0.25, 0.3) is 0 Å². The quantitative estimate of drug-likeness (QED) is 0.648. The molecule has 0 aliphatic rings. The normalized spacial score (nSPS) is 11.0. The summed E-state index contributed by atoms with van der Waals surface area (Å²) in [6.07, 6.45) is 3.42. The number of amides is 2. The van der Waals surface area contributed by atoms with Gasteiger partial charge in [-0.05, 0) is 26.0 Å². The molecule has 8 heteroatoms. The number of carbonyl (C=O) groups is 1. The first kappa shape index (κ1) is 18.6. The van der Waals surface area contributed by atoms with Crippen LogP contribution in [-0.2, 0) is 6.54 Å². The fraction of sp³-hybridized carbons (Fsp3) is 0.368. The fourth-order valence-electron chi connectivity index (χ4n) is 2.74. The Hall–Kier alpha value is -3.16. The second-order valence-corrected chi connectivity index (χ2v) is 6.52. The summed E-state index contributed by atoms with van der Waals surface area (Å²) >= 11 is 0. The highest BCUT2D eigenvalue weighted by Crippen LogP contribution is 2.22. The van der Waals surface area contributed by atoms with Crippen molar-refractivity contribution in [3.63, 3.8) is 0 Å². The lowest BCUT2D eigenvalue weighted by molar-refractivity contribution is 0.201. The molecule has 0 aliphatic heterocycles. The van der Waals surface area contributed by atoms with Crippen LogP contribution >= 0.6 is 0 Å². The van der Waals surface area contributed by atoms with E-state index in [-0.39, 0.29) is 12.1 Å². The summed E-state index contributed by atoms with van der Waals surface area (Å²) in [6, 6.07) is 9.73. The molecular weight excluding hydrogens is 344 g/mol. The number of pyridine rings is 1. The summed E-state index contributed by atoms with van der Waals surface area (Å²) < 4.78 is 7.73. The minimum absolute atomic E-state index is 0.187. The average molecular weight is 368 g/mol. The highest BCUT2D eigenvalue weighted by atomic mass is 16.5. The van der Waals surface area contributed by atoms with Crippen molar-refractivity contribution >= 4 is 16.9 Å². The number of hydrogen-bond acceptors (Lipinski definition) is 5. The molecule has 0 saturated carbocycles. The number of para-hydroxylation sites is 1. The zero-order valence-corrected chi connectivity index (χ0v) is 15.8. The molecule has 0 fully saturated rings. The number of aromatic nitrogens is 4. The first-order valence-electron chi connectivity index (χ1n) is 8.90. The van der Waals surface area contributed by atoms with E-state index in [0.717, 1.165) is 16.7 Å². The zero-order chi connectivity index (χ0) is 19.2. The van der Waals surface area contributed by atoms with Gasteiger partial charge in [0.05, 0.1) is 13.1 Å². The van der Waals surface area contributed by atoms with E-state index in [1.54, 1.807) is 24.5 Å². The maximum atomic E-state index is 12.3. The number of nitrogens with zero attached hydrogens (tertiary/aromatic N) is 5. The minimum Gasteiger partial charge on any atom is -0.489 e. The van der Waals surface area contributed by atoms with Crippen molar-refractivity contribution in [1.29, 1.82) is 0 Å². The smallest absolute Gasteiger partial charge is 0.317 e. The predicted octanol–water partition coefficient (Wildman–Crippen LogP) is 2.63. The van der Waals surface area contributed by atoms with E-state index in [1.165, 1.54) is 0 Å². The number of benzene rings is 1. The lowest BCUT2D eigenvalue weighted by atomic mass is 10.2. The summed E-state index contributed by atoms with van der Waals surface area (Å²) in [7, 11) is 1.73. The molecule has 0 spiro atoms. The van der Waals surface area contributed by atoms with Gasteiger partial charge in [0.2, 0.25) is 0 Å². The first-order valence-corrected chi connectivity index (χ1v) is 8.90. The molecule has 2 aromatic heterocycles. The molecule has 142 valence electrons. The number of urea groups is 1. The van der Waals surface area contributed by atoms with E-state index in [1.807, 2.05) is 48.7 Å². The Balaban J connectivity index is 1.48. The Morgan fingerprint density at radius 2 is 2.11 bits per heavy atom. The Morgan fingerprint density at radius 3 is 2.93 bits per heavy atom. The van der Waals surface area contributed by atoms with Crippen LogP contribution in [0.15, 0.2) is 42.9 Å². The van der Waals surface area contributed by atoms with Crippen LogP contribution in [0.2, 0.25) is 0 Å². The number of carbonyl (C=O) groups excluding carboxylic acids is 1. The molecule has 2 amide bonds. The molecule has 0 aliphatic carbocycles. The van der Waals surface area contributed by atoms with Crippen molar-refractivity contribution in [3.8, 4) is 5.75 Å². The molecule has 3 rings (SSSR count). The zero-order valence-electron chi connectivity index (χ0n) is 15.8. The summed E-state index contributed by atoms with van der Waals surface area (Å²) in [5, 5.41) is 11.9. The van der Waals surface area contributed by atoms with Crippen LogP contribution in [0, 0.1) is 0 Å². The molecule has 1 aromatic carbocycles. The molecule has 0 bridgehead atoms. The van der Waals surface area contributed by atoms with Crippen LogP contribution in [0.25, 0.3) is 10.9 Å². The second kappa shape index (κ2) is 8.48. The molecule has 3 aromatic rings. The topological polar surface area (TPSA) is 85.2 Å². The highest BCUT2D eigenvalue weighted by molar-refractivity contribution is 5.84. The van der Waals surface area contributed by atoms with E-state index in [2.05, 4.69) is 20.5 Å². The van der Waals surface area contributed by atoms with Gasteiger partial charge in [-0.1, -0.05) is 18.2 Å². The molecule has 2 heterocycles. The van der Waals surface area contributed by atoms with Crippen molar-refractivity contribution in [2.75, 3.05) is 20.2 Å². The first-order chi connectivity index (χ1) is 13.1. The molecule has 0 radical (unpaired) electrons. The molecular formula is C19H24N6O2. The molecule has 1 N–H and O–H groups in total. The molecule has 27 heavy (non-hydrogen) atoms. The molecule has 0 unspecified atom stereocenters. The second-order valence-electron chi connectivity index (χ2n) is 6.52. The maximum Gasteiger partial charge on any atom is 0.317 e. The third-order valence-electron chi connectivity index (χ3n) is 4.16. The largest absolute Gasteiger partial charge is 0.489 e. The van der Waals surface area contributed by atoms with Crippen molar-refractivity contribution in [2.45, 2.75) is 26.4 Å². The standard InChI is InChI=1S/C19H24N6O2/c1-14(2)25-13-22-23-17(25)12-24(3)19(26)21-10-11-27-16-8-4-6-15-7-5-9-20-18(15)16/h4-9,13-14H,10-12H2,1-3H3,(H,21,26). The van der Waals surface area contributed by atoms with E-state index >= 15 is 0 Å². The molecule has 0 atom stereocenters. The Kier molecular flexibility index (Phi) is 5.85. The summed E-state index contributed by atoms with van der Waals surface area (Å²) in [5.41, 5.74) is 0.816. The van der Waals surface area contributed by atoms with E-state index in [0.29, 0.717) is 25.4 Å². The monoisotopic (exact) mass is 368 g/mol. The van der Waals surface area contributed by atoms with Gasteiger partial charge >= 0.3 is 6.03 Å². The highest BCUT2D eigenvalue weighted by Gasteiger charge is 2.14. The lowest BCUT2D eigenvalue weighted by Crippen LogP contribution is -2.39. The number of nitrogens with one attached hydrogen (secondary N) is 1. The van der Waals surface area contributed by atoms with Gasteiger partial charge < -0.3 is 19.5 Å². The lowest BCUT2D eigenvalue weighted by Gasteiger charge is -2.19. The number of rotatable bonds is 7. The fourth-order valence-corrected chi connectivity index (χ4v) is 2.74. The van der Waals surface area contributed by atoms with Crippen molar-refractivity contribution in [2.24, 2.45) is 0 Å². The van der Waals surface area contributed by atoms with Crippen LogP contribution < -0.4 is 10.1 Å². The molecule has 8 nitrogen and oxygen atoms in total.